The molecule has 1 heteroatoms. The maximum Gasteiger partial charge on any atom is 0.0136 e. The Labute approximate surface area is 92.9 Å². The van der Waals surface area contributed by atoms with Crippen molar-refractivity contribution in [2.24, 2.45) is 5.92 Å². The van der Waals surface area contributed by atoms with Gasteiger partial charge in [-0.15, -0.1) is 0 Å². The second kappa shape index (κ2) is 4.80. The van der Waals surface area contributed by atoms with E-state index in [2.05, 4.69) is 43.4 Å². The van der Waals surface area contributed by atoms with Crippen LogP contribution in [0.25, 0.3) is 0 Å². The van der Waals surface area contributed by atoms with E-state index in [4.69, 9.17) is 0 Å². The molecule has 1 N–H and O–H groups in total. The molecule has 2 rings (SSSR count). The van der Waals surface area contributed by atoms with Gasteiger partial charge in [0.2, 0.25) is 0 Å². The summed E-state index contributed by atoms with van der Waals surface area (Å²) in [6, 6.07) is 9.46. The zero-order chi connectivity index (χ0) is 10.7. The van der Waals surface area contributed by atoms with E-state index in [1.54, 1.807) is 0 Å². The summed E-state index contributed by atoms with van der Waals surface area (Å²) in [5, 5.41) is 3.63. The minimum Gasteiger partial charge on any atom is -0.313 e. The average Bonchev–Trinajstić information content (AvgIpc) is 2.69. The Hall–Kier alpha value is -0.820. The number of nitrogens with one attached hydrogen (secondary N) is 1. The number of aryl methyl sites for hydroxylation is 1. The molecule has 15 heavy (non-hydrogen) atoms. The van der Waals surface area contributed by atoms with Crippen molar-refractivity contribution in [3.8, 4) is 0 Å². The summed E-state index contributed by atoms with van der Waals surface area (Å²) in [6.45, 7) is 5.73. The number of rotatable bonds is 3. The van der Waals surface area contributed by atoms with Gasteiger partial charge >= 0.3 is 0 Å². The van der Waals surface area contributed by atoms with Crippen LogP contribution in [0.5, 0.6) is 0 Å². The minimum atomic E-state index is 0.705. The van der Waals surface area contributed by atoms with Gasteiger partial charge in [-0.3, -0.25) is 0 Å². The lowest BCUT2D eigenvalue weighted by Crippen LogP contribution is -2.29. The van der Waals surface area contributed by atoms with Gasteiger partial charge in [-0.05, 0) is 43.4 Å². The Balaban J connectivity index is 2.05. The van der Waals surface area contributed by atoms with Crippen LogP contribution < -0.4 is 5.32 Å². The highest BCUT2D eigenvalue weighted by atomic mass is 14.9. The monoisotopic (exact) mass is 203 g/mol. The SMILES string of the molecule is CC[C@H]1CCN[C@H]1Cc1ccccc1C. The number of hydrogen-bond acceptors (Lipinski definition) is 1. The molecule has 0 bridgehead atoms. The van der Waals surface area contributed by atoms with Crippen molar-refractivity contribution in [2.75, 3.05) is 6.54 Å². The van der Waals surface area contributed by atoms with Crippen LogP contribution in [0.1, 0.15) is 30.9 Å². The molecule has 1 aromatic carbocycles. The zero-order valence-electron chi connectivity index (χ0n) is 9.79. The van der Waals surface area contributed by atoms with Crippen LogP contribution in [-0.2, 0) is 6.42 Å². The Morgan fingerprint density at radius 3 is 2.87 bits per heavy atom. The molecular formula is C14H21N. The number of hydrogen-bond donors (Lipinski definition) is 1. The van der Waals surface area contributed by atoms with Crippen molar-refractivity contribution in [2.45, 2.75) is 39.2 Å². The first kappa shape index (κ1) is 10.7. The summed E-state index contributed by atoms with van der Waals surface area (Å²) in [5.41, 5.74) is 2.94. The molecular weight excluding hydrogens is 182 g/mol. The molecule has 1 aromatic rings. The van der Waals surface area contributed by atoms with E-state index < -0.39 is 0 Å². The summed E-state index contributed by atoms with van der Waals surface area (Å²) in [4.78, 5) is 0. The highest BCUT2D eigenvalue weighted by Gasteiger charge is 2.25. The highest BCUT2D eigenvalue weighted by Crippen LogP contribution is 2.23. The van der Waals surface area contributed by atoms with Gasteiger partial charge in [-0.1, -0.05) is 37.6 Å². The summed E-state index contributed by atoms with van der Waals surface area (Å²) in [6.07, 6.45) is 3.86. The Bertz CT molecular complexity index is 319. The van der Waals surface area contributed by atoms with E-state index in [1.807, 2.05) is 0 Å². The normalized spacial score (nSPS) is 25.7. The van der Waals surface area contributed by atoms with Crippen LogP contribution in [0.3, 0.4) is 0 Å². The van der Waals surface area contributed by atoms with Crippen molar-refractivity contribution in [3.63, 3.8) is 0 Å². The molecule has 1 nitrogen and oxygen atoms in total. The summed E-state index contributed by atoms with van der Waals surface area (Å²) in [7, 11) is 0. The molecule has 0 spiro atoms. The van der Waals surface area contributed by atoms with Crippen molar-refractivity contribution in [1.82, 2.24) is 5.32 Å². The maximum atomic E-state index is 3.63. The molecule has 0 radical (unpaired) electrons. The van der Waals surface area contributed by atoms with E-state index in [0.29, 0.717) is 6.04 Å². The first-order valence-corrected chi connectivity index (χ1v) is 6.09. The summed E-state index contributed by atoms with van der Waals surface area (Å²) in [5.74, 6) is 0.879. The Morgan fingerprint density at radius 1 is 1.33 bits per heavy atom. The molecule has 0 aliphatic carbocycles. The van der Waals surface area contributed by atoms with Crippen LogP contribution in [0.2, 0.25) is 0 Å². The molecule has 1 saturated heterocycles. The van der Waals surface area contributed by atoms with Crippen LogP contribution >= 0.6 is 0 Å². The molecule has 0 saturated carbocycles. The average molecular weight is 203 g/mol. The maximum absolute atomic E-state index is 3.63. The third kappa shape index (κ3) is 2.40. The molecule has 2 atom stereocenters. The highest BCUT2D eigenvalue weighted by molar-refractivity contribution is 5.26. The fourth-order valence-electron chi connectivity index (χ4n) is 2.63. The van der Waals surface area contributed by atoms with Gasteiger partial charge in [0.15, 0.2) is 0 Å². The molecule has 1 heterocycles. The lowest BCUT2D eigenvalue weighted by molar-refractivity contribution is 0.432. The molecule has 0 unspecified atom stereocenters. The fraction of sp³-hybridized carbons (Fsp3) is 0.571. The first-order chi connectivity index (χ1) is 7.31. The molecule has 82 valence electrons. The van der Waals surface area contributed by atoms with Gasteiger partial charge in [-0.2, -0.15) is 0 Å². The van der Waals surface area contributed by atoms with Gasteiger partial charge in [0, 0.05) is 6.04 Å². The second-order valence-electron chi connectivity index (χ2n) is 4.65. The first-order valence-electron chi connectivity index (χ1n) is 6.09. The van der Waals surface area contributed by atoms with Crippen molar-refractivity contribution in [3.05, 3.63) is 35.4 Å². The van der Waals surface area contributed by atoms with Gasteiger partial charge in [0.05, 0.1) is 0 Å². The van der Waals surface area contributed by atoms with E-state index in [1.165, 1.54) is 36.9 Å². The van der Waals surface area contributed by atoms with Crippen LogP contribution in [-0.4, -0.2) is 12.6 Å². The van der Waals surface area contributed by atoms with Crippen molar-refractivity contribution in [1.29, 1.82) is 0 Å². The molecule has 1 aliphatic heterocycles. The second-order valence-corrected chi connectivity index (χ2v) is 4.65. The molecule has 1 fully saturated rings. The summed E-state index contributed by atoms with van der Waals surface area (Å²) < 4.78 is 0. The van der Waals surface area contributed by atoms with Crippen molar-refractivity contribution >= 4 is 0 Å². The van der Waals surface area contributed by atoms with Gasteiger partial charge < -0.3 is 5.32 Å². The third-order valence-corrected chi connectivity index (χ3v) is 3.72. The fourth-order valence-corrected chi connectivity index (χ4v) is 2.63. The van der Waals surface area contributed by atoms with Crippen LogP contribution in [0.15, 0.2) is 24.3 Å². The topological polar surface area (TPSA) is 12.0 Å². The Morgan fingerprint density at radius 2 is 2.13 bits per heavy atom. The van der Waals surface area contributed by atoms with Gasteiger partial charge in [-0.25, -0.2) is 0 Å². The lowest BCUT2D eigenvalue weighted by atomic mass is 9.91. The molecule has 0 amide bonds. The minimum absolute atomic E-state index is 0.705. The third-order valence-electron chi connectivity index (χ3n) is 3.72. The zero-order valence-corrected chi connectivity index (χ0v) is 9.79. The van der Waals surface area contributed by atoms with Crippen LogP contribution in [0, 0.1) is 12.8 Å². The lowest BCUT2D eigenvalue weighted by Gasteiger charge is -2.19. The van der Waals surface area contributed by atoms with E-state index in [-0.39, 0.29) is 0 Å². The van der Waals surface area contributed by atoms with E-state index in [0.717, 1.165) is 5.92 Å². The number of benzene rings is 1. The molecule has 1 aliphatic rings. The smallest absolute Gasteiger partial charge is 0.0136 e. The standard InChI is InChI=1S/C14H21N/c1-3-12-8-9-15-14(12)10-13-7-5-4-6-11(13)2/h4-7,12,14-15H,3,8-10H2,1-2H3/t12-,14-/m0/s1. The molecule has 0 aromatic heterocycles. The largest absolute Gasteiger partial charge is 0.313 e. The van der Waals surface area contributed by atoms with Gasteiger partial charge in [0.25, 0.3) is 0 Å². The van der Waals surface area contributed by atoms with E-state index >= 15 is 0 Å². The predicted octanol–water partition coefficient (Wildman–Crippen LogP) is 2.93. The van der Waals surface area contributed by atoms with Gasteiger partial charge in [0.1, 0.15) is 0 Å². The predicted molar refractivity (Wildman–Crippen MR) is 65.1 cm³/mol. The van der Waals surface area contributed by atoms with Crippen LogP contribution in [0.4, 0.5) is 0 Å². The summed E-state index contributed by atoms with van der Waals surface area (Å²) >= 11 is 0. The Kier molecular flexibility index (Phi) is 3.42. The van der Waals surface area contributed by atoms with E-state index in [9.17, 15) is 0 Å². The van der Waals surface area contributed by atoms with Crippen molar-refractivity contribution < 1.29 is 0 Å². The quantitative estimate of drug-likeness (QED) is 0.796.